The number of hydrogen-bond acceptors (Lipinski definition) is 8. The Morgan fingerprint density at radius 3 is 2.59 bits per heavy atom. The summed E-state index contributed by atoms with van der Waals surface area (Å²) in [6.45, 7) is 1.26. The average molecular weight is 506 g/mol. The number of nitrogens with zero attached hydrogens (tertiary/aromatic N) is 2. The molecular weight excluding hydrogens is 474 g/mol. The number of rotatable bonds is 13. The zero-order chi connectivity index (χ0) is 26.0. The number of aliphatic hydroxyl groups excluding tert-OH is 1. The van der Waals surface area contributed by atoms with Crippen LogP contribution in [0.4, 0.5) is 0 Å². The molecule has 0 saturated heterocycles. The van der Waals surface area contributed by atoms with Crippen molar-refractivity contribution in [3.8, 4) is 17.2 Å². The van der Waals surface area contributed by atoms with E-state index in [1.807, 2.05) is 24.3 Å². The van der Waals surface area contributed by atoms with Crippen molar-refractivity contribution in [2.45, 2.75) is 18.9 Å². The first-order valence-corrected chi connectivity index (χ1v) is 12.1. The third kappa shape index (κ3) is 6.78. The molecule has 0 bridgehead atoms. The summed E-state index contributed by atoms with van der Waals surface area (Å²) in [5.74, 6) is 1.47. The number of benzene rings is 3. The summed E-state index contributed by atoms with van der Waals surface area (Å²) in [5, 5.41) is 18.5. The van der Waals surface area contributed by atoms with E-state index in [-0.39, 0.29) is 6.61 Å². The number of carbonyl (C=O) groups excluding carboxylic acids is 1. The molecule has 0 aliphatic rings. The molecule has 0 amide bonds. The highest BCUT2D eigenvalue weighted by molar-refractivity contribution is 5.90. The Bertz CT molecular complexity index is 1310. The van der Waals surface area contributed by atoms with Crippen molar-refractivity contribution >= 4 is 16.9 Å². The van der Waals surface area contributed by atoms with Crippen LogP contribution in [0.3, 0.4) is 0 Å². The lowest BCUT2D eigenvalue weighted by Crippen LogP contribution is -2.32. The molecule has 1 unspecified atom stereocenters. The van der Waals surface area contributed by atoms with Crippen molar-refractivity contribution in [1.29, 1.82) is 0 Å². The Morgan fingerprint density at radius 1 is 1.00 bits per heavy atom. The molecular formula is C28H31N3O6. The van der Waals surface area contributed by atoms with Gasteiger partial charge in [-0.25, -0.2) is 4.79 Å². The number of aromatic nitrogens is 2. The Morgan fingerprint density at radius 2 is 1.81 bits per heavy atom. The van der Waals surface area contributed by atoms with E-state index in [9.17, 15) is 9.90 Å². The van der Waals surface area contributed by atoms with Gasteiger partial charge in [-0.15, -0.1) is 5.10 Å². The molecule has 0 fully saturated rings. The molecule has 9 heteroatoms. The van der Waals surface area contributed by atoms with Crippen LogP contribution in [0.2, 0.25) is 0 Å². The number of nitrogens with one attached hydrogen (secondary N) is 1. The molecule has 9 nitrogen and oxygen atoms in total. The smallest absolute Gasteiger partial charge is 0.365 e. The van der Waals surface area contributed by atoms with Gasteiger partial charge in [-0.1, -0.05) is 35.2 Å². The van der Waals surface area contributed by atoms with Crippen LogP contribution in [0.25, 0.3) is 10.9 Å². The van der Waals surface area contributed by atoms with Gasteiger partial charge in [-0.3, -0.25) is 0 Å². The van der Waals surface area contributed by atoms with Gasteiger partial charge in [0.15, 0.2) is 11.5 Å². The fourth-order valence-electron chi connectivity index (χ4n) is 3.87. The van der Waals surface area contributed by atoms with Crippen molar-refractivity contribution in [3.05, 3.63) is 84.1 Å². The molecule has 4 rings (SSSR count). The number of carbonyl (C=O) groups is 1. The second-order valence-corrected chi connectivity index (χ2v) is 8.41. The number of aryl methyl sites for hydroxylation is 1. The summed E-state index contributed by atoms with van der Waals surface area (Å²) in [5.41, 5.74) is 2.17. The minimum atomic E-state index is -0.692. The van der Waals surface area contributed by atoms with Gasteiger partial charge in [0.1, 0.15) is 24.0 Å². The van der Waals surface area contributed by atoms with E-state index >= 15 is 0 Å². The summed E-state index contributed by atoms with van der Waals surface area (Å²) < 4.78 is 16.5. The second kappa shape index (κ2) is 12.8. The zero-order valence-electron chi connectivity index (χ0n) is 20.9. The van der Waals surface area contributed by atoms with Crippen molar-refractivity contribution in [3.63, 3.8) is 0 Å². The van der Waals surface area contributed by atoms with E-state index in [2.05, 4.69) is 10.4 Å². The van der Waals surface area contributed by atoms with E-state index in [0.29, 0.717) is 34.5 Å². The number of aliphatic hydroxyl groups is 1. The Kier molecular flexibility index (Phi) is 8.96. The highest BCUT2D eigenvalue weighted by Crippen LogP contribution is 2.28. The van der Waals surface area contributed by atoms with E-state index in [1.54, 1.807) is 62.9 Å². The standard InChI is InChI=1S/C28H31N3O6/c1-34-26-14-13-20(16-27(26)35-2)8-7-15-29-17-22(32)19-36-25-12-6-11-24-23(25)18-30-31(24)37-28(33)21-9-4-3-5-10-21/h3-6,9-14,16,18,22,29,32H,7-8,15,17,19H2,1-2H3. The first kappa shape index (κ1) is 26.0. The third-order valence-corrected chi connectivity index (χ3v) is 5.80. The highest BCUT2D eigenvalue weighted by atomic mass is 16.7. The molecule has 0 aliphatic carbocycles. The molecule has 3 aromatic carbocycles. The molecule has 0 radical (unpaired) electrons. The fraction of sp³-hybridized carbons (Fsp3) is 0.286. The maximum Gasteiger partial charge on any atom is 0.365 e. The summed E-state index contributed by atoms with van der Waals surface area (Å²) in [7, 11) is 3.24. The van der Waals surface area contributed by atoms with Crippen LogP contribution in [0.5, 0.6) is 17.2 Å². The first-order chi connectivity index (χ1) is 18.1. The van der Waals surface area contributed by atoms with Crippen molar-refractivity contribution in [2.24, 2.45) is 0 Å². The minimum Gasteiger partial charge on any atom is -0.493 e. The molecule has 37 heavy (non-hydrogen) atoms. The topological polar surface area (TPSA) is 104 Å². The summed E-state index contributed by atoms with van der Waals surface area (Å²) in [6, 6.07) is 20.0. The predicted octanol–water partition coefficient (Wildman–Crippen LogP) is 3.28. The number of ether oxygens (including phenoxy) is 3. The SMILES string of the molecule is COc1ccc(CCCNCC(O)COc2cccc3c2cnn3OC(=O)c2ccccc2)cc1OC. The van der Waals surface area contributed by atoms with Gasteiger partial charge in [0, 0.05) is 6.54 Å². The van der Waals surface area contributed by atoms with E-state index in [1.165, 1.54) is 4.85 Å². The van der Waals surface area contributed by atoms with Gasteiger partial charge < -0.3 is 29.5 Å². The molecule has 0 spiro atoms. The highest BCUT2D eigenvalue weighted by Gasteiger charge is 2.14. The molecule has 2 N–H and O–H groups in total. The van der Waals surface area contributed by atoms with Gasteiger partial charge >= 0.3 is 5.97 Å². The van der Waals surface area contributed by atoms with Gasteiger partial charge in [0.25, 0.3) is 0 Å². The molecule has 4 aromatic rings. The Labute approximate surface area is 215 Å². The maximum atomic E-state index is 12.4. The van der Waals surface area contributed by atoms with E-state index in [0.717, 1.165) is 30.7 Å². The monoisotopic (exact) mass is 505 g/mol. The van der Waals surface area contributed by atoms with Crippen LogP contribution in [-0.4, -0.2) is 61.0 Å². The van der Waals surface area contributed by atoms with Crippen LogP contribution < -0.4 is 24.4 Å². The number of fused-ring (bicyclic) bond motifs is 1. The van der Waals surface area contributed by atoms with Crippen molar-refractivity contribution < 1.29 is 28.9 Å². The predicted molar refractivity (Wildman–Crippen MR) is 139 cm³/mol. The lowest BCUT2D eigenvalue weighted by molar-refractivity contribution is 0.0419. The van der Waals surface area contributed by atoms with Gasteiger partial charge in [-0.2, -0.15) is 0 Å². The van der Waals surface area contributed by atoms with Crippen molar-refractivity contribution in [2.75, 3.05) is 33.9 Å². The third-order valence-electron chi connectivity index (χ3n) is 5.80. The summed E-state index contributed by atoms with van der Waals surface area (Å²) in [6.07, 6.45) is 2.66. The summed E-state index contributed by atoms with van der Waals surface area (Å²) in [4.78, 5) is 19.0. The fourth-order valence-corrected chi connectivity index (χ4v) is 3.87. The van der Waals surface area contributed by atoms with Gasteiger partial charge in [0.2, 0.25) is 0 Å². The van der Waals surface area contributed by atoms with E-state index < -0.39 is 12.1 Å². The molecule has 194 valence electrons. The molecule has 1 atom stereocenters. The average Bonchev–Trinajstić information content (AvgIpc) is 3.35. The molecule has 0 saturated carbocycles. The van der Waals surface area contributed by atoms with Crippen LogP contribution in [0.15, 0.2) is 72.9 Å². The van der Waals surface area contributed by atoms with Crippen LogP contribution in [0, 0.1) is 0 Å². The van der Waals surface area contributed by atoms with Gasteiger partial charge in [0.05, 0.1) is 31.4 Å². The van der Waals surface area contributed by atoms with Crippen LogP contribution in [0.1, 0.15) is 22.3 Å². The van der Waals surface area contributed by atoms with Crippen LogP contribution in [-0.2, 0) is 6.42 Å². The second-order valence-electron chi connectivity index (χ2n) is 8.41. The summed E-state index contributed by atoms with van der Waals surface area (Å²) >= 11 is 0. The normalized spacial score (nSPS) is 11.8. The molecule has 1 heterocycles. The minimum absolute atomic E-state index is 0.108. The zero-order valence-corrected chi connectivity index (χ0v) is 20.9. The Hall–Kier alpha value is -4.08. The Balaban J connectivity index is 1.23. The number of hydrogen-bond donors (Lipinski definition) is 2. The van der Waals surface area contributed by atoms with Crippen molar-refractivity contribution in [1.82, 2.24) is 15.3 Å². The molecule has 1 aromatic heterocycles. The quantitative estimate of drug-likeness (QED) is 0.267. The largest absolute Gasteiger partial charge is 0.493 e. The lowest BCUT2D eigenvalue weighted by Gasteiger charge is -2.14. The van der Waals surface area contributed by atoms with E-state index in [4.69, 9.17) is 19.0 Å². The maximum absolute atomic E-state index is 12.4. The molecule has 0 aliphatic heterocycles. The van der Waals surface area contributed by atoms with Gasteiger partial charge in [-0.05, 0) is 61.3 Å². The number of methoxy groups -OCH3 is 2. The first-order valence-electron chi connectivity index (χ1n) is 12.1. The van der Waals surface area contributed by atoms with Crippen LogP contribution >= 0.6 is 0 Å². The lowest BCUT2D eigenvalue weighted by atomic mass is 10.1.